The van der Waals surface area contributed by atoms with Gasteiger partial charge in [-0.25, -0.2) is 8.42 Å². The van der Waals surface area contributed by atoms with E-state index >= 15 is 0 Å². The molecular formula is C11H22ClNO2S. The standard InChI is InChI=1S/C11H22ClNO2S/c1-2-16(14,15)9-5-8-13-11(10-12)6-3-4-7-11/h13H,2-10H2,1H3. The number of sulfone groups is 1. The highest BCUT2D eigenvalue weighted by molar-refractivity contribution is 7.91. The van der Waals surface area contributed by atoms with Gasteiger partial charge in [0.15, 0.2) is 0 Å². The smallest absolute Gasteiger partial charge is 0.150 e. The second-order valence-corrected chi connectivity index (χ2v) is 7.38. The minimum atomic E-state index is -2.81. The molecule has 0 aliphatic heterocycles. The van der Waals surface area contributed by atoms with E-state index in [0.29, 0.717) is 12.3 Å². The molecule has 96 valence electrons. The molecular weight excluding hydrogens is 246 g/mol. The monoisotopic (exact) mass is 267 g/mol. The van der Waals surface area contributed by atoms with Crippen molar-refractivity contribution >= 4 is 21.4 Å². The molecule has 1 rings (SSSR count). The summed E-state index contributed by atoms with van der Waals surface area (Å²) in [5, 5.41) is 3.45. The minimum Gasteiger partial charge on any atom is -0.310 e. The van der Waals surface area contributed by atoms with Gasteiger partial charge in [0.2, 0.25) is 0 Å². The average molecular weight is 268 g/mol. The molecule has 16 heavy (non-hydrogen) atoms. The fourth-order valence-corrected chi connectivity index (χ4v) is 3.43. The van der Waals surface area contributed by atoms with Crippen LogP contribution in [0.1, 0.15) is 39.0 Å². The Balaban J connectivity index is 2.24. The lowest BCUT2D eigenvalue weighted by Gasteiger charge is -2.28. The number of hydrogen-bond acceptors (Lipinski definition) is 3. The second kappa shape index (κ2) is 6.22. The molecule has 0 amide bonds. The molecule has 1 N–H and O–H groups in total. The highest BCUT2D eigenvalue weighted by atomic mass is 35.5. The number of alkyl halides is 1. The van der Waals surface area contributed by atoms with Crippen molar-refractivity contribution in [3.8, 4) is 0 Å². The van der Waals surface area contributed by atoms with Crippen LogP contribution in [-0.2, 0) is 9.84 Å². The molecule has 3 nitrogen and oxygen atoms in total. The quantitative estimate of drug-likeness (QED) is 0.567. The topological polar surface area (TPSA) is 46.2 Å². The molecule has 0 saturated heterocycles. The summed E-state index contributed by atoms with van der Waals surface area (Å²) in [5.41, 5.74) is 0.0809. The molecule has 0 unspecified atom stereocenters. The average Bonchev–Trinajstić information content (AvgIpc) is 2.74. The van der Waals surface area contributed by atoms with Gasteiger partial charge < -0.3 is 5.32 Å². The predicted molar refractivity (Wildman–Crippen MR) is 68.9 cm³/mol. The Morgan fingerprint density at radius 1 is 1.31 bits per heavy atom. The van der Waals surface area contributed by atoms with E-state index in [4.69, 9.17) is 11.6 Å². The molecule has 1 aliphatic rings. The van der Waals surface area contributed by atoms with Gasteiger partial charge >= 0.3 is 0 Å². The Morgan fingerprint density at radius 3 is 2.44 bits per heavy atom. The van der Waals surface area contributed by atoms with Crippen molar-refractivity contribution in [2.24, 2.45) is 0 Å². The third-order valence-electron chi connectivity index (χ3n) is 3.39. The predicted octanol–water partition coefficient (Wildman–Crippen LogP) is 1.95. The summed E-state index contributed by atoms with van der Waals surface area (Å²) in [4.78, 5) is 0. The first-order valence-corrected chi connectivity index (χ1v) is 8.41. The molecule has 0 radical (unpaired) electrons. The minimum absolute atomic E-state index is 0.0809. The Bertz CT molecular complexity index is 297. The Hall–Kier alpha value is 0.200. The van der Waals surface area contributed by atoms with E-state index in [2.05, 4.69) is 5.32 Å². The molecule has 0 aromatic carbocycles. The van der Waals surface area contributed by atoms with Gasteiger partial charge in [-0.2, -0.15) is 0 Å². The van der Waals surface area contributed by atoms with Gasteiger partial charge in [0.1, 0.15) is 9.84 Å². The van der Waals surface area contributed by atoms with Crippen LogP contribution in [0.4, 0.5) is 0 Å². The molecule has 0 heterocycles. The van der Waals surface area contributed by atoms with Crippen LogP contribution in [0.3, 0.4) is 0 Å². The summed E-state index contributed by atoms with van der Waals surface area (Å²) in [6.07, 6.45) is 5.39. The number of rotatable bonds is 7. The van der Waals surface area contributed by atoms with Crippen molar-refractivity contribution in [3.05, 3.63) is 0 Å². The summed E-state index contributed by atoms with van der Waals surface area (Å²) in [7, 11) is -2.81. The van der Waals surface area contributed by atoms with Crippen LogP contribution in [0.5, 0.6) is 0 Å². The fourth-order valence-electron chi connectivity index (χ4n) is 2.20. The van der Waals surface area contributed by atoms with Crippen molar-refractivity contribution in [1.82, 2.24) is 5.32 Å². The maximum Gasteiger partial charge on any atom is 0.150 e. The second-order valence-electron chi connectivity index (χ2n) is 4.64. The van der Waals surface area contributed by atoms with Crippen LogP contribution in [0.15, 0.2) is 0 Å². The summed E-state index contributed by atoms with van der Waals surface area (Å²) < 4.78 is 22.6. The third-order valence-corrected chi connectivity index (χ3v) is 5.69. The summed E-state index contributed by atoms with van der Waals surface area (Å²) in [6, 6.07) is 0. The van der Waals surface area contributed by atoms with E-state index in [1.54, 1.807) is 6.92 Å². The van der Waals surface area contributed by atoms with Gasteiger partial charge in [0.05, 0.1) is 5.75 Å². The molecule has 0 spiro atoms. The zero-order valence-electron chi connectivity index (χ0n) is 9.97. The van der Waals surface area contributed by atoms with Gasteiger partial charge in [-0.05, 0) is 25.8 Å². The van der Waals surface area contributed by atoms with Crippen LogP contribution in [0.2, 0.25) is 0 Å². The fraction of sp³-hybridized carbons (Fsp3) is 1.00. The van der Waals surface area contributed by atoms with Crippen LogP contribution in [0, 0.1) is 0 Å². The molecule has 1 fully saturated rings. The SMILES string of the molecule is CCS(=O)(=O)CCCNC1(CCl)CCCC1. The van der Waals surface area contributed by atoms with Crippen molar-refractivity contribution in [3.63, 3.8) is 0 Å². The van der Waals surface area contributed by atoms with Gasteiger partial charge in [-0.1, -0.05) is 19.8 Å². The Morgan fingerprint density at radius 2 is 1.94 bits per heavy atom. The molecule has 5 heteroatoms. The van der Waals surface area contributed by atoms with Crippen LogP contribution >= 0.6 is 11.6 Å². The number of hydrogen-bond donors (Lipinski definition) is 1. The van der Waals surface area contributed by atoms with Crippen LogP contribution in [0.25, 0.3) is 0 Å². The zero-order valence-corrected chi connectivity index (χ0v) is 11.5. The first-order valence-electron chi connectivity index (χ1n) is 6.05. The van der Waals surface area contributed by atoms with E-state index in [1.165, 1.54) is 12.8 Å². The molecule has 0 bridgehead atoms. The van der Waals surface area contributed by atoms with E-state index in [-0.39, 0.29) is 17.0 Å². The first kappa shape index (κ1) is 14.3. The van der Waals surface area contributed by atoms with Crippen molar-refractivity contribution in [2.75, 3.05) is 23.9 Å². The van der Waals surface area contributed by atoms with Gasteiger partial charge in [0.25, 0.3) is 0 Å². The molecule has 0 aromatic rings. The van der Waals surface area contributed by atoms with Crippen molar-refractivity contribution in [1.29, 1.82) is 0 Å². The maximum absolute atomic E-state index is 11.3. The van der Waals surface area contributed by atoms with Crippen LogP contribution in [-0.4, -0.2) is 37.9 Å². The van der Waals surface area contributed by atoms with Gasteiger partial charge in [0, 0.05) is 17.2 Å². The number of nitrogens with one attached hydrogen (secondary N) is 1. The summed E-state index contributed by atoms with van der Waals surface area (Å²) in [5.74, 6) is 1.16. The molecule has 0 atom stereocenters. The summed E-state index contributed by atoms with van der Waals surface area (Å²) in [6.45, 7) is 2.45. The lowest BCUT2D eigenvalue weighted by molar-refractivity contribution is 0.371. The van der Waals surface area contributed by atoms with E-state index in [1.807, 2.05) is 0 Å². The largest absolute Gasteiger partial charge is 0.310 e. The molecule has 0 aromatic heterocycles. The maximum atomic E-state index is 11.3. The highest BCUT2D eigenvalue weighted by Crippen LogP contribution is 2.30. The van der Waals surface area contributed by atoms with E-state index < -0.39 is 9.84 Å². The lowest BCUT2D eigenvalue weighted by atomic mass is 10.0. The van der Waals surface area contributed by atoms with Crippen molar-refractivity contribution in [2.45, 2.75) is 44.6 Å². The van der Waals surface area contributed by atoms with E-state index in [0.717, 1.165) is 19.4 Å². The van der Waals surface area contributed by atoms with Crippen molar-refractivity contribution < 1.29 is 8.42 Å². The van der Waals surface area contributed by atoms with E-state index in [9.17, 15) is 8.42 Å². The first-order chi connectivity index (χ1) is 7.54. The van der Waals surface area contributed by atoms with Gasteiger partial charge in [-0.15, -0.1) is 11.6 Å². The lowest BCUT2D eigenvalue weighted by Crippen LogP contribution is -2.45. The summed E-state index contributed by atoms with van der Waals surface area (Å²) >= 11 is 5.98. The van der Waals surface area contributed by atoms with Gasteiger partial charge in [-0.3, -0.25) is 0 Å². The molecule has 1 saturated carbocycles. The van der Waals surface area contributed by atoms with Crippen LogP contribution < -0.4 is 5.32 Å². The number of halogens is 1. The Labute approximate surface area is 104 Å². The Kier molecular flexibility index (Phi) is 5.54. The third kappa shape index (κ3) is 4.22. The molecule has 1 aliphatic carbocycles. The normalized spacial score (nSPS) is 20.1. The highest BCUT2D eigenvalue weighted by Gasteiger charge is 2.31. The zero-order chi connectivity index (χ0) is 12.1.